The summed E-state index contributed by atoms with van der Waals surface area (Å²) in [7, 11) is 0. The third kappa shape index (κ3) is 1.78. The Morgan fingerprint density at radius 3 is 2.85 bits per heavy atom. The minimum Gasteiger partial charge on any atom is -0.315 e. The Hall–Kier alpha value is -2.27. The zero-order valence-electron chi connectivity index (χ0n) is 11.0. The summed E-state index contributed by atoms with van der Waals surface area (Å²) in [4.78, 5) is 13.7. The molecule has 5 heteroatoms. The highest BCUT2D eigenvalue weighted by molar-refractivity contribution is 5.76. The molecule has 1 aliphatic heterocycles. The number of hydrogen-bond donors (Lipinski definition) is 1. The van der Waals surface area contributed by atoms with Gasteiger partial charge in [-0.15, -0.1) is 0 Å². The largest absolute Gasteiger partial charge is 0.315 e. The molecule has 0 bridgehead atoms. The number of nitrogens with one attached hydrogen (secondary N) is 1. The van der Waals surface area contributed by atoms with Crippen LogP contribution in [0.5, 0.6) is 0 Å². The minimum absolute atomic E-state index is 0.395. The molecule has 1 unspecified atom stereocenters. The Kier molecular flexibility index (Phi) is 2.70. The maximum absolute atomic E-state index is 4.74. The lowest BCUT2D eigenvalue weighted by Crippen LogP contribution is -2.15. The molecule has 100 valence electrons. The number of aromatic nitrogens is 4. The van der Waals surface area contributed by atoms with Crippen LogP contribution in [0.15, 0.2) is 42.7 Å². The molecule has 3 aromatic rings. The van der Waals surface area contributed by atoms with E-state index in [1.54, 1.807) is 6.20 Å². The molecule has 1 fully saturated rings. The van der Waals surface area contributed by atoms with Gasteiger partial charge in [0, 0.05) is 18.9 Å². The van der Waals surface area contributed by atoms with Crippen LogP contribution in [-0.2, 0) is 0 Å². The quantitative estimate of drug-likeness (QED) is 0.770. The van der Waals surface area contributed by atoms with E-state index in [2.05, 4.69) is 19.9 Å². The smallest absolute Gasteiger partial charge is 0.161 e. The highest BCUT2D eigenvalue weighted by atomic mass is 15.2. The van der Waals surface area contributed by atoms with Gasteiger partial charge in [0.2, 0.25) is 0 Å². The molecule has 0 aliphatic carbocycles. The third-order valence-electron chi connectivity index (χ3n) is 3.74. The van der Waals surface area contributed by atoms with Gasteiger partial charge in [-0.1, -0.05) is 6.07 Å². The lowest BCUT2D eigenvalue weighted by atomic mass is 10.2. The molecule has 0 aromatic carbocycles. The van der Waals surface area contributed by atoms with Crippen LogP contribution >= 0.6 is 0 Å². The van der Waals surface area contributed by atoms with Crippen LogP contribution in [0.3, 0.4) is 0 Å². The van der Waals surface area contributed by atoms with E-state index in [9.17, 15) is 0 Å². The summed E-state index contributed by atoms with van der Waals surface area (Å²) >= 11 is 0. The molecule has 1 N–H and O–H groups in total. The van der Waals surface area contributed by atoms with Gasteiger partial charge < -0.3 is 9.88 Å². The van der Waals surface area contributed by atoms with Gasteiger partial charge in [-0.2, -0.15) is 0 Å². The van der Waals surface area contributed by atoms with Gasteiger partial charge >= 0.3 is 0 Å². The first-order valence-corrected chi connectivity index (χ1v) is 6.88. The normalized spacial score (nSPS) is 18.7. The van der Waals surface area contributed by atoms with E-state index in [0.717, 1.165) is 42.2 Å². The number of hydrogen-bond acceptors (Lipinski definition) is 4. The van der Waals surface area contributed by atoms with E-state index in [1.165, 1.54) is 0 Å². The van der Waals surface area contributed by atoms with E-state index in [0.29, 0.717) is 6.04 Å². The van der Waals surface area contributed by atoms with Gasteiger partial charge in [0.15, 0.2) is 11.5 Å². The van der Waals surface area contributed by atoms with Crippen molar-refractivity contribution < 1.29 is 0 Å². The van der Waals surface area contributed by atoms with Crippen LogP contribution in [0, 0.1) is 0 Å². The van der Waals surface area contributed by atoms with Crippen molar-refractivity contribution in [2.75, 3.05) is 13.1 Å². The van der Waals surface area contributed by atoms with Gasteiger partial charge in [0.05, 0.1) is 6.04 Å². The Balaban J connectivity index is 1.97. The SMILES string of the molecule is c1ccc(-c2nc3cccnc3n2C2CCNC2)nc1. The van der Waals surface area contributed by atoms with E-state index in [-0.39, 0.29) is 0 Å². The zero-order chi connectivity index (χ0) is 13.4. The maximum Gasteiger partial charge on any atom is 0.161 e. The van der Waals surface area contributed by atoms with Crippen molar-refractivity contribution in [1.29, 1.82) is 0 Å². The molecule has 0 amide bonds. The molecule has 0 spiro atoms. The van der Waals surface area contributed by atoms with Gasteiger partial charge in [0.25, 0.3) is 0 Å². The Morgan fingerprint density at radius 1 is 1.10 bits per heavy atom. The fourth-order valence-corrected chi connectivity index (χ4v) is 2.81. The summed E-state index contributed by atoms with van der Waals surface area (Å²) in [6, 6.07) is 10.2. The molecule has 0 radical (unpaired) electrons. The molecule has 4 heterocycles. The summed E-state index contributed by atoms with van der Waals surface area (Å²) in [5.41, 5.74) is 2.78. The predicted octanol–water partition coefficient (Wildman–Crippen LogP) is 2.03. The molecule has 5 nitrogen and oxygen atoms in total. The molecular formula is C15H15N5. The van der Waals surface area contributed by atoms with Crippen LogP contribution in [0.25, 0.3) is 22.7 Å². The van der Waals surface area contributed by atoms with Crippen molar-refractivity contribution in [3.63, 3.8) is 0 Å². The first kappa shape index (κ1) is 11.5. The Bertz CT molecular complexity index is 728. The monoisotopic (exact) mass is 265 g/mol. The first-order chi connectivity index (χ1) is 9.93. The molecule has 0 saturated carbocycles. The summed E-state index contributed by atoms with van der Waals surface area (Å²) < 4.78 is 2.23. The number of nitrogens with zero attached hydrogens (tertiary/aromatic N) is 4. The van der Waals surface area contributed by atoms with Crippen molar-refractivity contribution >= 4 is 11.2 Å². The Labute approximate surface area is 116 Å². The third-order valence-corrected chi connectivity index (χ3v) is 3.74. The van der Waals surface area contributed by atoms with E-state index >= 15 is 0 Å². The average Bonchev–Trinajstić information content (AvgIpc) is 3.14. The van der Waals surface area contributed by atoms with Crippen LogP contribution in [0.4, 0.5) is 0 Å². The summed E-state index contributed by atoms with van der Waals surface area (Å²) in [6.07, 6.45) is 4.73. The molecule has 20 heavy (non-hydrogen) atoms. The topological polar surface area (TPSA) is 55.6 Å². The number of rotatable bonds is 2. The predicted molar refractivity (Wildman–Crippen MR) is 77.3 cm³/mol. The average molecular weight is 265 g/mol. The second kappa shape index (κ2) is 4.68. The van der Waals surface area contributed by atoms with E-state index in [1.807, 2.05) is 36.5 Å². The van der Waals surface area contributed by atoms with Crippen molar-refractivity contribution in [2.45, 2.75) is 12.5 Å². The van der Waals surface area contributed by atoms with Crippen LogP contribution < -0.4 is 5.32 Å². The van der Waals surface area contributed by atoms with Gasteiger partial charge in [-0.3, -0.25) is 4.98 Å². The van der Waals surface area contributed by atoms with Gasteiger partial charge in [0.1, 0.15) is 11.2 Å². The van der Waals surface area contributed by atoms with Crippen molar-refractivity contribution in [3.05, 3.63) is 42.7 Å². The summed E-state index contributed by atoms with van der Waals surface area (Å²) in [5.74, 6) is 0.910. The fourth-order valence-electron chi connectivity index (χ4n) is 2.81. The molecule has 4 rings (SSSR count). The fraction of sp³-hybridized carbons (Fsp3) is 0.267. The highest BCUT2D eigenvalue weighted by Gasteiger charge is 2.24. The van der Waals surface area contributed by atoms with Crippen LogP contribution in [0.1, 0.15) is 12.5 Å². The number of fused-ring (bicyclic) bond motifs is 1. The molecule has 1 saturated heterocycles. The lowest BCUT2D eigenvalue weighted by molar-refractivity contribution is 0.563. The van der Waals surface area contributed by atoms with Crippen molar-refractivity contribution in [3.8, 4) is 11.5 Å². The standard InChI is InChI=1S/C15H15N5/c1-2-7-17-12(4-1)15-19-13-5-3-8-18-14(13)20(15)11-6-9-16-10-11/h1-5,7-8,11,16H,6,9-10H2. The molecular weight excluding hydrogens is 250 g/mol. The molecule has 1 aliphatic rings. The van der Waals surface area contributed by atoms with Crippen LogP contribution in [-0.4, -0.2) is 32.6 Å². The first-order valence-electron chi connectivity index (χ1n) is 6.88. The van der Waals surface area contributed by atoms with Crippen molar-refractivity contribution in [2.24, 2.45) is 0 Å². The molecule has 3 aromatic heterocycles. The van der Waals surface area contributed by atoms with Crippen LogP contribution in [0.2, 0.25) is 0 Å². The lowest BCUT2D eigenvalue weighted by Gasteiger charge is -2.14. The number of pyridine rings is 2. The van der Waals surface area contributed by atoms with Crippen molar-refractivity contribution in [1.82, 2.24) is 24.8 Å². The number of imidazole rings is 1. The van der Waals surface area contributed by atoms with E-state index < -0.39 is 0 Å². The van der Waals surface area contributed by atoms with Gasteiger partial charge in [-0.25, -0.2) is 9.97 Å². The minimum atomic E-state index is 0.395. The highest BCUT2D eigenvalue weighted by Crippen LogP contribution is 2.28. The second-order valence-corrected chi connectivity index (χ2v) is 5.01. The van der Waals surface area contributed by atoms with Gasteiger partial charge in [-0.05, 0) is 37.2 Å². The summed E-state index contributed by atoms with van der Waals surface area (Å²) in [6.45, 7) is 2.00. The Morgan fingerprint density at radius 2 is 2.05 bits per heavy atom. The zero-order valence-corrected chi connectivity index (χ0v) is 11.0. The maximum atomic E-state index is 4.74. The van der Waals surface area contributed by atoms with E-state index in [4.69, 9.17) is 4.98 Å². The molecule has 1 atom stereocenters. The summed E-state index contributed by atoms with van der Waals surface area (Å²) in [5, 5.41) is 3.41. The second-order valence-electron chi connectivity index (χ2n) is 5.01.